The van der Waals surface area contributed by atoms with Crippen LogP contribution in [0.1, 0.15) is 54.8 Å². The summed E-state index contributed by atoms with van der Waals surface area (Å²) in [5.41, 5.74) is 1.19. The molecule has 2 heterocycles. The number of aromatic nitrogens is 1. The first-order valence-electron chi connectivity index (χ1n) is 6.70. The molecule has 0 amide bonds. The molecule has 17 heavy (non-hydrogen) atoms. The van der Waals surface area contributed by atoms with Crippen molar-refractivity contribution in [3.63, 3.8) is 0 Å². The summed E-state index contributed by atoms with van der Waals surface area (Å²) < 4.78 is 5.49. The summed E-state index contributed by atoms with van der Waals surface area (Å²) in [5.74, 6) is 0.729. The lowest BCUT2D eigenvalue weighted by Gasteiger charge is -2.22. The fourth-order valence-corrected chi connectivity index (χ4v) is 3.80. The molecular formula is C13H20N2OS. The predicted molar refractivity (Wildman–Crippen MR) is 69.5 cm³/mol. The Morgan fingerprint density at radius 3 is 2.94 bits per heavy atom. The molecule has 1 aromatic rings. The van der Waals surface area contributed by atoms with Gasteiger partial charge >= 0.3 is 0 Å². The van der Waals surface area contributed by atoms with Crippen molar-refractivity contribution in [2.45, 2.75) is 44.1 Å². The minimum atomic E-state index is 0.317. The summed E-state index contributed by atoms with van der Waals surface area (Å²) in [6, 6.07) is 0.317. The molecule has 1 atom stereocenters. The average molecular weight is 252 g/mol. The summed E-state index contributed by atoms with van der Waals surface area (Å²) in [7, 11) is 0. The third-order valence-electron chi connectivity index (χ3n) is 3.77. The lowest BCUT2D eigenvalue weighted by atomic mass is 9.90. The molecule has 2 aliphatic rings. The number of ether oxygens (including phenoxy) is 1. The van der Waals surface area contributed by atoms with E-state index in [1.54, 1.807) is 0 Å². The molecule has 0 bridgehead atoms. The predicted octanol–water partition coefficient (Wildman–Crippen LogP) is 2.85. The number of thiazole rings is 1. The zero-order valence-corrected chi connectivity index (χ0v) is 11.0. The third-order valence-corrected chi connectivity index (χ3v) is 4.80. The van der Waals surface area contributed by atoms with E-state index in [4.69, 9.17) is 9.72 Å². The van der Waals surface area contributed by atoms with Crippen LogP contribution in [0.15, 0.2) is 5.38 Å². The van der Waals surface area contributed by atoms with Crippen LogP contribution in [0.2, 0.25) is 0 Å². The molecule has 2 fully saturated rings. The first-order valence-corrected chi connectivity index (χ1v) is 7.58. The van der Waals surface area contributed by atoms with E-state index in [9.17, 15) is 0 Å². The van der Waals surface area contributed by atoms with Crippen LogP contribution in [0.5, 0.6) is 0 Å². The molecule has 1 saturated heterocycles. The summed E-state index contributed by atoms with van der Waals surface area (Å²) >= 11 is 1.84. The normalized spacial score (nSPS) is 27.2. The van der Waals surface area contributed by atoms with Crippen molar-refractivity contribution in [1.29, 1.82) is 0 Å². The number of hydrogen-bond donors (Lipinski definition) is 1. The summed E-state index contributed by atoms with van der Waals surface area (Å²) in [6.07, 6.45) is 6.84. The average Bonchev–Trinajstić information content (AvgIpc) is 2.90. The number of rotatable bonds is 2. The van der Waals surface area contributed by atoms with Crippen molar-refractivity contribution in [3.8, 4) is 0 Å². The molecule has 1 saturated carbocycles. The van der Waals surface area contributed by atoms with Crippen LogP contribution in [0.4, 0.5) is 0 Å². The molecular weight excluding hydrogens is 232 g/mol. The Kier molecular flexibility index (Phi) is 3.74. The van der Waals surface area contributed by atoms with Gasteiger partial charge in [0.1, 0.15) is 0 Å². The van der Waals surface area contributed by atoms with E-state index in [1.807, 2.05) is 11.3 Å². The van der Waals surface area contributed by atoms with E-state index < -0.39 is 0 Å². The van der Waals surface area contributed by atoms with Gasteiger partial charge in [0.05, 0.1) is 30.0 Å². The lowest BCUT2D eigenvalue weighted by Crippen LogP contribution is -2.34. The van der Waals surface area contributed by atoms with Crippen LogP contribution < -0.4 is 5.32 Å². The number of nitrogens with one attached hydrogen (secondary N) is 1. The van der Waals surface area contributed by atoms with Crippen molar-refractivity contribution in [2.24, 2.45) is 0 Å². The van der Waals surface area contributed by atoms with Gasteiger partial charge in [-0.3, -0.25) is 0 Å². The number of nitrogens with zero attached hydrogens (tertiary/aromatic N) is 1. The SMILES string of the molecule is c1sc(C2CCCCC2)nc1C1COCCN1. The highest BCUT2D eigenvalue weighted by atomic mass is 32.1. The number of hydrogen-bond acceptors (Lipinski definition) is 4. The zero-order valence-electron chi connectivity index (χ0n) is 10.2. The third kappa shape index (κ3) is 2.69. The molecule has 3 rings (SSSR count). The molecule has 94 valence electrons. The van der Waals surface area contributed by atoms with Gasteiger partial charge in [0.15, 0.2) is 0 Å². The van der Waals surface area contributed by atoms with Crippen LogP contribution in [-0.2, 0) is 4.74 Å². The highest BCUT2D eigenvalue weighted by molar-refractivity contribution is 7.09. The summed E-state index contributed by atoms with van der Waals surface area (Å²) in [5, 5.41) is 7.04. The maximum Gasteiger partial charge on any atom is 0.0959 e. The second kappa shape index (κ2) is 5.46. The molecule has 4 heteroatoms. The van der Waals surface area contributed by atoms with Crippen molar-refractivity contribution >= 4 is 11.3 Å². The van der Waals surface area contributed by atoms with E-state index in [-0.39, 0.29) is 0 Å². The topological polar surface area (TPSA) is 34.1 Å². The second-order valence-corrected chi connectivity index (χ2v) is 5.92. The minimum absolute atomic E-state index is 0.317. The van der Waals surface area contributed by atoms with Gasteiger partial charge < -0.3 is 10.1 Å². The Morgan fingerprint density at radius 2 is 2.18 bits per heavy atom. The zero-order chi connectivity index (χ0) is 11.5. The van der Waals surface area contributed by atoms with E-state index >= 15 is 0 Å². The molecule has 3 nitrogen and oxygen atoms in total. The standard InChI is InChI=1S/C13H20N2OS/c1-2-4-10(5-3-1)13-15-12(9-17-13)11-8-16-7-6-14-11/h9-11,14H,1-8H2. The quantitative estimate of drug-likeness (QED) is 0.879. The fraction of sp³-hybridized carbons (Fsp3) is 0.769. The maximum atomic E-state index is 5.49. The Morgan fingerprint density at radius 1 is 1.29 bits per heavy atom. The Hall–Kier alpha value is -0.450. The van der Waals surface area contributed by atoms with E-state index in [1.165, 1.54) is 42.8 Å². The van der Waals surface area contributed by atoms with Gasteiger partial charge in [-0.2, -0.15) is 0 Å². The van der Waals surface area contributed by atoms with Crippen LogP contribution in [0.3, 0.4) is 0 Å². The molecule has 1 N–H and O–H groups in total. The highest BCUT2D eigenvalue weighted by Crippen LogP contribution is 2.35. The van der Waals surface area contributed by atoms with E-state index in [2.05, 4.69) is 10.7 Å². The van der Waals surface area contributed by atoms with Crippen molar-refractivity contribution in [2.75, 3.05) is 19.8 Å². The van der Waals surface area contributed by atoms with E-state index in [0.717, 1.165) is 25.7 Å². The van der Waals surface area contributed by atoms with Gasteiger partial charge in [0, 0.05) is 17.8 Å². The highest BCUT2D eigenvalue weighted by Gasteiger charge is 2.22. The first-order chi connectivity index (χ1) is 8.43. The Bertz CT molecular complexity index is 322. The van der Waals surface area contributed by atoms with Crippen LogP contribution in [-0.4, -0.2) is 24.7 Å². The van der Waals surface area contributed by atoms with Crippen LogP contribution in [0, 0.1) is 0 Å². The van der Waals surface area contributed by atoms with Crippen LogP contribution >= 0.6 is 11.3 Å². The van der Waals surface area contributed by atoms with Gasteiger partial charge in [0.2, 0.25) is 0 Å². The minimum Gasteiger partial charge on any atom is -0.378 e. The van der Waals surface area contributed by atoms with Crippen molar-refractivity contribution < 1.29 is 4.74 Å². The van der Waals surface area contributed by atoms with Crippen molar-refractivity contribution in [1.82, 2.24) is 10.3 Å². The molecule has 0 aromatic carbocycles. The van der Waals surface area contributed by atoms with Gasteiger partial charge in [0.25, 0.3) is 0 Å². The summed E-state index contributed by atoms with van der Waals surface area (Å²) in [6.45, 7) is 2.55. The van der Waals surface area contributed by atoms with Crippen LogP contribution in [0.25, 0.3) is 0 Å². The summed E-state index contributed by atoms with van der Waals surface area (Å²) in [4.78, 5) is 4.83. The van der Waals surface area contributed by atoms with Crippen molar-refractivity contribution in [3.05, 3.63) is 16.1 Å². The smallest absolute Gasteiger partial charge is 0.0959 e. The van der Waals surface area contributed by atoms with Gasteiger partial charge in [-0.05, 0) is 12.8 Å². The van der Waals surface area contributed by atoms with Gasteiger partial charge in [-0.1, -0.05) is 19.3 Å². The fourth-order valence-electron chi connectivity index (χ4n) is 2.75. The number of morpholine rings is 1. The molecule has 0 radical (unpaired) electrons. The molecule has 1 aromatic heterocycles. The molecule has 1 aliphatic carbocycles. The largest absolute Gasteiger partial charge is 0.378 e. The Balaban J connectivity index is 1.68. The second-order valence-electron chi connectivity index (χ2n) is 5.03. The van der Waals surface area contributed by atoms with Gasteiger partial charge in [-0.15, -0.1) is 11.3 Å². The first kappa shape index (κ1) is 11.6. The molecule has 0 spiro atoms. The maximum absolute atomic E-state index is 5.49. The Labute approximate surface area is 107 Å². The van der Waals surface area contributed by atoms with Gasteiger partial charge in [-0.25, -0.2) is 4.98 Å². The van der Waals surface area contributed by atoms with E-state index in [0.29, 0.717) is 6.04 Å². The monoisotopic (exact) mass is 252 g/mol. The lowest BCUT2D eigenvalue weighted by molar-refractivity contribution is 0.0757. The molecule has 1 unspecified atom stereocenters. The molecule has 1 aliphatic heterocycles.